The molecule has 0 aromatic heterocycles. The molecule has 9 heteroatoms. The van der Waals surface area contributed by atoms with Crippen LogP contribution in [0.4, 0.5) is 4.39 Å². The van der Waals surface area contributed by atoms with Crippen LogP contribution in [0.15, 0.2) is 53.4 Å². The Morgan fingerprint density at radius 3 is 2.57 bits per heavy atom. The highest BCUT2D eigenvalue weighted by atomic mass is 32.2. The van der Waals surface area contributed by atoms with Crippen LogP contribution in [0.5, 0.6) is 5.75 Å². The number of rotatable bonds is 6. The van der Waals surface area contributed by atoms with Crippen LogP contribution in [-0.4, -0.2) is 44.1 Å². The zero-order chi connectivity index (χ0) is 20.1. The zero-order valence-corrected chi connectivity index (χ0v) is 16.7. The lowest BCUT2D eigenvalue weighted by molar-refractivity contribution is -0.119. The van der Waals surface area contributed by atoms with Crippen molar-refractivity contribution in [3.05, 3.63) is 59.9 Å². The number of primary amides is 1. The Balaban J connectivity index is 1.70. The van der Waals surface area contributed by atoms with Crippen LogP contribution in [0, 0.1) is 5.82 Å². The maximum atomic E-state index is 14.1. The second-order valence-electron chi connectivity index (χ2n) is 6.30. The molecule has 1 aliphatic rings. The maximum Gasteiger partial charge on any atom is 0.255 e. The van der Waals surface area contributed by atoms with Crippen molar-refractivity contribution in [2.24, 2.45) is 5.73 Å². The third-order valence-corrected chi connectivity index (χ3v) is 7.62. The van der Waals surface area contributed by atoms with Crippen molar-refractivity contribution in [2.45, 2.75) is 16.6 Å². The van der Waals surface area contributed by atoms with Crippen molar-refractivity contribution in [2.75, 3.05) is 25.4 Å². The number of ether oxygens (including phenoxy) is 1. The van der Waals surface area contributed by atoms with E-state index in [1.54, 1.807) is 30.0 Å². The molecule has 2 aromatic carbocycles. The Kier molecular flexibility index (Phi) is 6.58. The van der Waals surface area contributed by atoms with Crippen LogP contribution in [-0.2, 0) is 14.8 Å². The Morgan fingerprint density at radius 2 is 1.89 bits per heavy atom. The Labute approximate surface area is 167 Å². The van der Waals surface area contributed by atoms with Gasteiger partial charge in [0.1, 0.15) is 11.6 Å². The van der Waals surface area contributed by atoms with E-state index in [0.29, 0.717) is 36.6 Å². The average Bonchev–Trinajstić information content (AvgIpc) is 2.94. The summed E-state index contributed by atoms with van der Waals surface area (Å²) >= 11 is 1.57. The number of sulfonamides is 1. The molecule has 2 N–H and O–H groups in total. The van der Waals surface area contributed by atoms with Crippen molar-refractivity contribution >= 4 is 27.7 Å². The summed E-state index contributed by atoms with van der Waals surface area (Å²) in [4.78, 5) is 10.9. The first-order chi connectivity index (χ1) is 13.4. The smallest absolute Gasteiger partial charge is 0.255 e. The summed E-state index contributed by atoms with van der Waals surface area (Å²) in [6.45, 7) is 0.402. The van der Waals surface area contributed by atoms with Gasteiger partial charge in [0.25, 0.3) is 5.91 Å². The van der Waals surface area contributed by atoms with Crippen LogP contribution < -0.4 is 10.5 Å². The van der Waals surface area contributed by atoms with E-state index in [0.717, 1.165) is 0 Å². The van der Waals surface area contributed by atoms with Crippen LogP contribution in [0.1, 0.15) is 17.2 Å². The van der Waals surface area contributed by atoms with Gasteiger partial charge in [-0.25, -0.2) is 12.8 Å². The minimum absolute atomic E-state index is 0.0778. The standard InChI is InChI=1S/C19H21FN2O4S2/c20-17-4-2-1-3-16(17)18-9-10-22(11-12-27-18)28(24,25)15-7-5-14(6-8-15)26-13-19(21)23/h1-8,18H,9-13H2,(H2,21,23)/t18-/m1/s1. The van der Waals surface area contributed by atoms with Gasteiger partial charge >= 0.3 is 0 Å². The fourth-order valence-electron chi connectivity index (χ4n) is 2.99. The summed E-state index contributed by atoms with van der Waals surface area (Å²) in [5.74, 6) is 0.0766. The van der Waals surface area contributed by atoms with E-state index in [-0.39, 0.29) is 22.6 Å². The van der Waals surface area contributed by atoms with Crippen LogP contribution in [0.25, 0.3) is 0 Å². The zero-order valence-electron chi connectivity index (χ0n) is 15.1. The van der Waals surface area contributed by atoms with Gasteiger partial charge in [-0.2, -0.15) is 16.1 Å². The van der Waals surface area contributed by atoms with E-state index in [1.165, 1.54) is 34.6 Å². The molecule has 1 amide bonds. The van der Waals surface area contributed by atoms with Gasteiger partial charge in [-0.3, -0.25) is 4.79 Å². The van der Waals surface area contributed by atoms with Crippen LogP contribution in [0.3, 0.4) is 0 Å². The molecule has 1 aliphatic heterocycles. The van der Waals surface area contributed by atoms with Gasteiger partial charge in [0.2, 0.25) is 10.0 Å². The number of halogens is 1. The van der Waals surface area contributed by atoms with Gasteiger partial charge in [-0.05, 0) is 36.8 Å². The van der Waals surface area contributed by atoms with Gasteiger partial charge in [-0.1, -0.05) is 18.2 Å². The van der Waals surface area contributed by atoms with Crippen molar-refractivity contribution in [1.82, 2.24) is 4.31 Å². The molecule has 2 aromatic rings. The van der Waals surface area contributed by atoms with Crippen molar-refractivity contribution in [3.63, 3.8) is 0 Å². The molecule has 6 nitrogen and oxygen atoms in total. The van der Waals surface area contributed by atoms with E-state index < -0.39 is 15.9 Å². The second kappa shape index (κ2) is 8.93. The lowest BCUT2D eigenvalue weighted by Gasteiger charge is -2.20. The fourth-order valence-corrected chi connectivity index (χ4v) is 5.81. The highest BCUT2D eigenvalue weighted by molar-refractivity contribution is 7.99. The van der Waals surface area contributed by atoms with E-state index in [4.69, 9.17) is 10.5 Å². The molecule has 0 spiro atoms. The minimum Gasteiger partial charge on any atom is -0.484 e. The topological polar surface area (TPSA) is 89.7 Å². The molecule has 1 heterocycles. The molecule has 1 saturated heterocycles. The second-order valence-corrected chi connectivity index (χ2v) is 9.55. The fraction of sp³-hybridized carbons (Fsp3) is 0.316. The lowest BCUT2D eigenvalue weighted by atomic mass is 10.1. The van der Waals surface area contributed by atoms with Crippen molar-refractivity contribution in [3.8, 4) is 5.75 Å². The van der Waals surface area contributed by atoms with Gasteiger partial charge in [0, 0.05) is 29.7 Å². The van der Waals surface area contributed by atoms with Gasteiger partial charge in [-0.15, -0.1) is 0 Å². The number of nitrogens with two attached hydrogens (primary N) is 1. The number of amides is 1. The minimum atomic E-state index is -3.67. The van der Waals surface area contributed by atoms with Gasteiger partial charge in [0.05, 0.1) is 4.90 Å². The number of carbonyl (C=O) groups excluding carboxylic acids is 1. The quantitative estimate of drug-likeness (QED) is 0.770. The van der Waals surface area contributed by atoms with Gasteiger partial charge < -0.3 is 10.5 Å². The normalized spacial score (nSPS) is 18.4. The predicted octanol–water partition coefficient (Wildman–Crippen LogP) is 2.56. The SMILES string of the molecule is NC(=O)COc1ccc(S(=O)(=O)N2CCS[C@@H](c3ccccc3F)CC2)cc1. The number of hydrogen-bond donors (Lipinski definition) is 1. The summed E-state index contributed by atoms with van der Waals surface area (Å²) in [7, 11) is -3.67. The number of benzene rings is 2. The molecule has 28 heavy (non-hydrogen) atoms. The maximum absolute atomic E-state index is 14.1. The number of carbonyl (C=O) groups is 1. The highest BCUT2D eigenvalue weighted by Gasteiger charge is 2.29. The predicted molar refractivity (Wildman–Crippen MR) is 106 cm³/mol. The van der Waals surface area contributed by atoms with E-state index in [1.807, 2.05) is 0 Å². The largest absolute Gasteiger partial charge is 0.484 e. The highest BCUT2D eigenvalue weighted by Crippen LogP contribution is 2.36. The first kappa shape index (κ1) is 20.6. The Hall–Kier alpha value is -2.10. The average molecular weight is 425 g/mol. The molecule has 0 saturated carbocycles. The Morgan fingerprint density at radius 1 is 1.18 bits per heavy atom. The first-order valence-corrected chi connectivity index (χ1v) is 11.2. The van der Waals surface area contributed by atoms with Gasteiger partial charge in [0.15, 0.2) is 6.61 Å². The monoisotopic (exact) mass is 424 g/mol. The molecule has 0 bridgehead atoms. The van der Waals surface area contributed by atoms with Crippen molar-refractivity contribution in [1.29, 1.82) is 0 Å². The molecule has 3 rings (SSSR count). The molecule has 150 valence electrons. The summed E-state index contributed by atoms with van der Waals surface area (Å²) in [5, 5.41) is -0.0778. The van der Waals surface area contributed by atoms with Crippen LogP contribution in [0.2, 0.25) is 0 Å². The summed E-state index contributed by atoms with van der Waals surface area (Å²) in [6.07, 6.45) is 0.532. The molecular weight excluding hydrogens is 403 g/mol. The molecule has 0 unspecified atom stereocenters. The van der Waals surface area contributed by atoms with E-state index >= 15 is 0 Å². The number of hydrogen-bond acceptors (Lipinski definition) is 5. The van der Waals surface area contributed by atoms with E-state index in [2.05, 4.69) is 0 Å². The molecular formula is C19H21FN2O4S2. The lowest BCUT2D eigenvalue weighted by Crippen LogP contribution is -2.33. The summed E-state index contributed by atoms with van der Waals surface area (Å²) in [5.41, 5.74) is 5.64. The molecule has 1 fully saturated rings. The van der Waals surface area contributed by atoms with Crippen molar-refractivity contribution < 1.29 is 22.3 Å². The molecule has 1 atom stereocenters. The molecule has 0 radical (unpaired) electrons. The Bertz CT molecular complexity index is 935. The van der Waals surface area contributed by atoms with E-state index in [9.17, 15) is 17.6 Å². The van der Waals surface area contributed by atoms with Crippen LogP contribution >= 0.6 is 11.8 Å². The third-order valence-electron chi connectivity index (χ3n) is 4.40. The first-order valence-electron chi connectivity index (χ1n) is 8.75. The number of nitrogens with zero attached hydrogens (tertiary/aromatic N) is 1. The number of thioether (sulfide) groups is 1. The summed E-state index contributed by atoms with van der Waals surface area (Å²) in [6, 6.07) is 12.5. The third kappa shape index (κ3) is 4.84. The summed E-state index contributed by atoms with van der Waals surface area (Å²) < 4.78 is 46.6. The molecule has 0 aliphatic carbocycles.